The van der Waals surface area contributed by atoms with Crippen molar-refractivity contribution < 1.29 is 33.2 Å². The number of carbonyl (C=O) groups is 3. The van der Waals surface area contributed by atoms with E-state index in [9.17, 15) is 14.4 Å². The van der Waals surface area contributed by atoms with Gasteiger partial charge in [-0.15, -0.1) is 0 Å². The molecule has 1 heterocycles. The number of pyridine rings is 1. The van der Waals surface area contributed by atoms with Gasteiger partial charge in [0, 0.05) is 12.1 Å². The number of hydrogen-bond donors (Lipinski definition) is 0. The number of carbonyl (C=O) groups excluding carboxylic acids is 3. The van der Waals surface area contributed by atoms with Gasteiger partial charge in [-0.05, 0) is 33.3 Å². The Morgan fingerprint density at radius 1 is 0.774 bits per heavy atom. The lowest BCUT2D eigenvalue weighted by Gasteiger charge is -2.27. The molecule has 2 aromatic rings. The molecule has 0 spiro atoms. The van der Waals surface area contributed by atoms with Crippen molar-refractivity contribution in [3.05, 3.63) is 66.0 Å². The van der Waals surface area contributed by atoms with Gasteiger partial charge in [0.2, 0.25) is 0 Å². The molecule has 0 aliphatic heterocycles. The van der Waals surface area contributed by atoms with Crippen LogP contribution in [-0.4, -0.2) is 37.7 Å². The van der Waals surface area contributed by atoms with E-state index in [4.69, 9.17) is 14.2 Å². The third kappa shape index (κ3) is 6.13. The molecular weight excluding hydrogens is 398 g/mol. The number of aromatic nitrogens is 1. The minimum Gasteiger partial charge on any atom is -0.465 e. The smallest absolute Gasteiger partial charge is 0.376 e. The monoisotopic (exact) mass is 428 g/mol. The first kappa shape index (κ1) is 24.1. The van der Waals surface area contributed by atoms with Crippen LogP contribution in [0.15, 0.2) is 54.9 Å². The van der Waals surface area contributed by atoms with Crippen LogP contribution in [0.3, 0.4) is 0 Å². The van der Waals surface area contributed by atoms with E-state index in [-0.39, 0.29) is 19.8 Å². The number of esters is 3. The van der Waals surface area contributed by atoms with Crippen molar-refractivity contribution in [1.29, 1.82) is 0 Å². The molecule has 0 saturated carbocycles. The predicted octanol–water partition coefficient (Wildman–Crippen LogP) is 2.91. The zero-order chi connectivity index (χ0) is 22.8. The summed E-state index contributed by atoms with van der Waals surface area (Å²) in [6.07, 6.45) is 3.41. The summed E-state index contributed by atoms with van der Waals surface area (Å²) in [4.78, 5) is 39.1. The highest BCUT2D eigenvalue weighted by Crippen LogP contribution is 2.36. The molecule has 31 heavy (non-hydrogen) atoms. The van der Waals surface area contributed by atoms with Gasteiger partial charge in [0.05, 0.1) is 25.7 Å². The Morgan fingerprint density at radius 3 is 1.74 bits per heavy atom. The number of ether oxygens (including phenoxy) is 3. The summed E-state index contributed by atoms with van der Waals surface area (Å²) in [5.74, 6) is -4.27. The molecule has 2 rings (SSSR count). The van der Waals surface area contributed by atoms with Gasteiger partial charge in [0.15, 0.2) is 18.3 Å². The molecule has 2 atom stereocenters. The maximum atomic E-state index is 13.1. The average molecular weight is 429 g/mol. The predicted molar refractivity (Wildman–Crippen MR) is 113 cm³/mol. The Labute approximate surface area is 182 Å². The van der Waals surface area contributed by atoms with Gasteiger partial charge < -0.3 is 14.2 Å². The molecule has 1 aromatic heterocycles. The van der Waals surface area contributed by atoms with E-state index in [1.165, 1.54) is 0 Å². The maximum Gasteiger partial charge on any atom is 0.376 e. The summed E-state index contributed by atoms with van der Waals surface area (Å²) in [7, 11) is 0. The number of nitrogens with zero attached hydrogens (tertiary/aromatic N) is 1. The number of hydrogen-bond acceptors (Lipinski definition) is 6. The molecule has 1 aromatic carbocycles. The lowest BCUT2D eigenvalue weighted by atomic mass is 9.79. The number of rotatable bonds is 10. The third-order valence-electron chi connectivity index (χ3n) is 4.83. The van der Waals surface area contributed by atoms with Crippen LogP contribution in [0.5, 0.6) is 0 Å². The average Bonchev–Trinajstić information content (AvgIpc) is 2.75. The second kappa shape index (κ2) is 11.8. The van der Waals surface area contributed by atoms with Crippen LogP contribution in [0.2, 0.25) is 0 Å². The topological polar surface area (TPSA) is 82.8 Å². The van der Waals surface area contributed by atoms with Crippen LogP contribution in [0.1, 0.15) is 43.9 Å². The van der Waals surface area contributed by atoms with Crippen molar-refractivity contribution in [3.8, 4) is 0 Å². The number of benzene rings is 1. The third-order valence-corrected chi connectivity index (χ3v) is 4.83. The lowest BCUT2D eigenvalue weighted by molar-refractivity contribution is -0.714. The molecule has 166 valence electrons. The van der Waals surface area contributed by atoms with Crippen LogP contribution in [0.4, 0.5) is 0 Å². The van der Waals surface area contributed by atoms with Gasteiger partial charge in [-0.2, -0.15) is 4.57 Å². The summed E-state index contributed by atoms with van der Waals surface area (Å²) >= 11 is 0. The van der Waals surface area contributed by atoms with Gasteiger partial charge in [0.25, 0.3) is 6.04 Å². The fourth-order valence-electron chi connectivity index (χ4n) is 3.48. The normalized spacial score (nSPS) is 12.7. The Morgan fingerprint density at radius 2 is 1.26 bits per heavy atom. The Hall–Kier alpha value is -3.22. The van der Waals surface area contributed by atoms with Gasteiger partial charge in [-0.3, -0.25) is 9.59 Å². The zero-order valence-electron chi connectivity index (χ0n) is 18.4. The molecular formula is C24H30NO6+. The minimum atomic E-state index is -1.34. The van der Waals surface area contributed by atoms with E-state index < -0.39 is 35.8 Å². The van der Waals surface area contributed by atoms with Crippen molar-refractivity contribution in [2.45, 2.75) is 39.7 Å². The largest absolute Gasteiger partial charge is 0.465 e. The Bertz CT molecular complexity index is 847. The van der Waals surface area contributed by atoms with Gasteiger partial charge in [-0.25, -0.2) is 4.79 Å². The fourth-order valence-corrected chi connectivity index (χ4v) is 3.48. The summed E-state index contributed by atoms with van der Waals surface area (Å²) in [6.45, 7) is 7.32. The standard InChI is InChI=1S/C24H30NO6/c1-5-29-22(26)20(23(27)30-6-2)19(18-13-11-17(4)12-14-18)21(24(28)31-7-3)25-15-9-8-10-16-25/h8-16,19-21H,5-7H2,1-4H3/q+1. The van der Waals surface area contributed by atoms with Gasteiger partial charge >= 0.3 is 17.9 Å². The van der Waals surface area contributed by atoms with E-state index >= 15 is 0 Å². The van der Waals surface area contributed by atoms with E-state index in [2.05, 4.69) is 0 Å². The highest BCUT2D eigenvalue weighted by atomic mass is 16.6. The lowest BCUT2D eigenvalue weighted by Crippen LogP contribution is -2.51. The van der Waals surface area contributed by atoms with Crippen LogP contribution < -0.4 is 4.57 Å². The van der Waals surface area contributed by atoms with Crippen molar-refractivity contribution >= 4 is 17.9 Å². The first-order valence-corrected chi connectivity index (χ1v) is 10.5. The summed E-state index contributed by atoms with van der Waals surface area (Å²) in [5.41, 5.74) is 1.64. The van der Waals surface area contributed by atoms with Crippen molar-refractivity contribution in [3.63, 3.8) is 0 Å². The first-order valence-electron chi connectivity index (χ1n) is 10.5. The maximum absolute atomic E-state index is 13.1. The molecule has 0 fully saturated rings. The van der Waals surface area contributed by atoms with E-state index in [1.54, 1.807) is 62.0 Å². The molecule has 0 amide bonds. The fraction of sp³-hybridized carbons (Fsp3) is 0.417. The van der Waals surface area contributed by atoms with Crippen LogP contribution >= 0.6 is 0 Å². The van der Waals surface area contributed by atoms with Crippen molar-refractivity contribution in [2.75, 3.05) is 19.8 Å². The van der Waals surface area contributed by atoms with Crippen LogP contribution in [0.25, 0.3) is 0 Å². The highest BCUT2D eigenvalue weighted by molar-refractivity contribution is 5.97. The molecule has 0 saturated heterocycles. The van der Waals surface area contributed by atoms with Crippen molar-refractivity contribution in [1.82, 2.24) is 0 Å². The second-order valence-corrected chi connectivity index (χ2v) is 6.94. The molecule has 0 N–H and O–H groups in total. The molecule has 0 radical (unpaired) electrons. The van der Waals surface area contributed by atoms with E-state index in [1.807, 2.05) is 25.1 Å². The quantitative estimate of drug-likeness (QED) is 0.250. The Kier molecular flexibility index (Phi) is 9.18. The molecule has 7 heteroatoms. The number of aryl methyl sites for hydroxylation is 1. The summed E-state index contributed by atoms with van der Waals surface area (Å²) < 4.78 is 17.4. The molecule has 2 unspecified atom stereocenters. The summed E-state index contributed by atoms with van der Waals surface area (Å²) in [5, 5.41) is 0. The highest BCUT2D eigenvalue weighted by Gasteiger charge is 2.50. The van der Waals surface area contributed by atoms with E-state index in [0.29, 0.717) is 5.56 Å². The van der Waals surface area contributed by atoms with Crippen molar-refractivity contribution in [2.24, 2.45) is 5.92 Å². The molecule has 7 nitrogen and oxygen atoms in total. The van der Waals surface area contributed by atoms with Crippen LogP contribution in [0, 0.1) is 12.8 Å². The summed E-state index contributed by atoms with van der Waals surface area (Å²) in [6, 6.07) is 11.7. The minimum absolute atomic E-state index is 0.0951. The first-order chi connectivity index (χ1) is 14.9. The second-order valence-electron chi connectivity index (χ2n) is 6.94. The molecule has 0 aliphatic rings. The Balaban J connectivity index is 2.72. The van der Waals surface area contributed by atoms with Gasteiger partial charge in [0.1, 0.15) is 0 Å². The SMILES string of the molecule is CCOC(=O)C(C(=O)OCC)C(c1ccc(C)cc1)C(C(=O)OCC)[n+]1ccccc1. The van der Waals surface area contributed by atoms with Gasteiger partial charge in [-0.1, -0.05) is 35.9 Å². The zero-order valence-corrected chi connectivity index (χ0v) is 18.4. The van der Waals surface area contributed by atoms with E-state index in [0.717, 1.165) is 5.56 Å². The molecule has 0 bridgehead atoms. The van der Waals surface area contributed by atoms with Crippen LogP contribution in [-0.2, 0) is 28.6 Å². The molecule has 0 aliphatic carbocycles.